The molecule has 0 radical (unpaired) electrons. The normalized spacial score (nSPS) is 16.2. The van der Waals surface area contributed by atoms with Gasteiger partial charge in [-0.25, -0.2) is 13.1 Å². The smallest absolute Gasteiger partial charge is 0.240 e. The molecular weight excluding hydrogens is 366 g/mol. The Morgan fingerprint density at radius 3 is 2.26 bits per heavy atom. The standard InChI is InChI=1S/C19H29N3O4S/c1-19(2,3)18(24)22-13-10-15(11-14-22)21-17(23)9-12-20-27(25,26)16-7-5-4-6-8-16/h4-8,15,20H,9-14H2,1-3H3,(H,21,23). The minimum Gasteiger partial charge on any atom is -0.353 e. The third-order valence-corrected chi connectivity index (χ3v) is 5.96. The van der Waals surface area contributed by atoms with Crippen molar-refractivity contribution in [1.82, 2.24) is 14.9 Å². The number of benzene rings is 1. The molecule has 2 amide bonds. The highest BCUT2D eigenvalue weighted by atomic mass is 32.2. The molecule has 1 aliphatic rings. The summed E-state index contributed by atoms with van der Waals surface area (Å²) in [4.78, 5) is 26.4. The number of hydrogen-bond acceptors (Lipinski definition) is 4. The number of carbonyl (C=O) groups excluding carboxylic acids is 2. The van der Waals surface area contributed by atoms with Crippen LogP contribution in [-0.2, 0) is 19.6 Å². The van der Waals surface area contributed by atoms with Crippen molar-refractivity contribution in [1.29, 1.82) is 0 Å². The number of nitrogens with zero attached hydrogens (tertiary/aromatic N) is 1. The van der Waals surface area contributed by atoms with Crippen LogP contribution in [0.2, 0.25) is 0 Å². The Morgan fingerprint density at radius 2 is 1.70 bits per heavy atom. The van der Waals surface area contributed by atoms with Crippen LogP contribution in [0.5, 0.6) is 0 Å². The van der Waals surface area contributed by atoms with Crippen molar-refractivity contribution in [3.8, 4) is 0 Å². The van der Waals surface area contributed by atoms with E-state index in [1.165, 1.54) is 12.1 Å². The highest BCUT2D eigenvalue weighted by Crippen LogP contribution is 2.21. The number of hydrogen-bond donors (Lipinski definition) is 2. The van der Waals surface area contributed by atoms with Crippen molar-refractivity contribution in [2.24, 2.45) is 5.41 Å². The molecule has 27 heavy (non-hydrogen) atoms. The zero-order valence-corrected chi connectivity index (χ0v) is 17.0. The van der Waals surface area contributed by atoms with E-state index in [1.54, 1.807) is 18.2 Å². The van der Waals surface area contributed by atoms with Gasteiger partial charge in [0.2, 0.25) is 21.8 Å². The van der Waals surface area contributed by atoms with E-state index in [-0.39, 0.29) is 35.7 Å². The van der Waals surface area contributed by atoms with Crippen LogP contribution in [0, 0.1) is 5.41 Å². The highest BCUT2D eigenvalue weighted by molar-refractivity contribution is 7.89. The summed E-state index contributed by atoms with van der Waals surface area (Å²) in [7, 11) is -3.59. The lowest BCUT2D eigenvalue weighted by Crippen LogP contribution is -2.49. The Kier molecular flexibility index (Phi) is 7.00. The molecule has 1 heterocycles. The molecule has 0 aromatic heterocycles. The van der Waals surface area contributed by atoms with Crippen molar-refractivity contribution < 1.29 is 18.0 Å². The number of rotatable bonds is 6. The maximum absolute atomic E-state index is 12.3. The second-order valence-electron chi connectivity index (χ2n) is 7.84. The minimum absolute atomic E-state index is 0.0206. The first-order valence-corrected chi connectivity index (χ1v) is 10.7. The van der Waals surface area contributed by atoms with Gasteiger partial charge in [-0.3, -0.25) is 9.59 Å². The van der Waals surface area contributed by atoms with Crippen molar-refractivity contribution in [3.63, 3.8) is 0 Å². The average molecular weight is 396 g/mol. The Bertz CT molecular complexity index is 749. The molecule has 0 bridgehead atoms. The zero-order chi connectivity index (χ0) is 20.1. The van der Waals surface area contributed by atoms with Gasteiger partial charge in [0.15, 0.2) is 0 Å². The van der Waals surface area contributed by atoms with Gasteiger partial charge in [0.25, 0.3) is 0 Å². The molecular formula is C19H29N3O4S. The molecule has 1 fully saturated rings. The van der Waals surface area contributed by atoms with E-state index in [1.807, 2.05) is 25.7 Å². The van der Waals surface area contributed by atoms with E-state index < -0.39 is 15.4 Å². The third-order valence-electron chi connectivity index (χ3n) is 4.49. The molecule has 1 aliphatic heterocycles. The van der Waals surface area contributed by atoms with Crippen LogP contribution < -0.4 is 10.0 Å². The molecule has 2 rings (SSSR count). The number of carbonyl (C=O) groups is 2. The Labute approximate surface area is 161 Å². The predicted octanol–water partition coefficient (Wildman–Crippen LogP) is 1.51. The molecule has 8 heteroatoms. The number of amides is 2. The maximum atomic E-state index is 12.3. The summed E-state index contributed by atoms with van der Waals surface area (Å²) in [5.74, 6) is -0.0612. The van der Waals surface area contributed by atoms with Crippen molar-refractivity contribution in [3.05, 3.63) is 30.3 Å². The Hall–Kier alpha value is -1.93. The SMILES string of the molecule is CC(C)(C)C(=O)N1CCC(NC(=O)CCNS(=O)(=O)c2ccccc2)CC1. The molecule has 0 atom stereocenters. The van der Waals surface area contributed by atoms with E-state index in [0.717, 1.165) is 0 Å². The zero-order valence-electron chi connectivity index (χ0n) is 16.2. The average Bonchev–Trinajstić information content (AvgIpc) is 2.61. The van der Waals surface area contributed by atoms with Crippen LogP contribution in [0.3, 0.4) is 0 Å². The predicted molar refractivity (Wildman–Crippen MR) is 103 cm³/mol. The fourth-order valence-corrected chi connectivity index (χ4v) is 4.04. The molecule has 1 aromatic rings. The van der Waals surface area contributed by atoms with E-state index in [0.29, 0.717) is 25.9 Å². The van der Waals surface area contributed by atoms with Gasteiger partial charge < -0.3 is 10.2 Å². The highest BCUT2D eigenvalue weighted by Gasteiger charge is 2.30. The topological polar surface area (TPSA) is 95.6 Å². The van der Waals surface area contributed by atoms with Crippen LogP contribution in [-0.4, -0.2) is 50.8 Å². The lowest BCUT2D eigenvalue weighted by atomic mass is 9.93. The summed E-state index contributed by atoms with van der Waals surface area (Å²) in [6.45, 7) is 7.01. The second kappa shape index (κ2) is 8.84. The maximum Gasteiger partial charge on any atom is 0.240 e. The minimum atomic E-state index is -3.59. The van der Waals surface area contributed by atoms with Gasteiger partial charge in [-0.2, -0.15) is 0 Å². The fraction of sp³-hybridized carbons (Fsp3) is 0.579. The van der Waals surface area contributed by atoms with Crippen LogP contribution in [0.1, 0.15) is 40.0 Å². The summed E-state index contributed by atoms with van der Waals surface area (Å²) >= 11 is 0. The lowest BCUT2D eigenvalue weighted by Gasteiger charge is -2.36. The van der Waals surface area contributed by atoms with Crippen LogP contribution in [0.15, 0.2) is 35.2 Å². The van der Waals surface area contributed by atoms with E-state index in [9.17, 15) is 18.0 Å². The molecule has 2 N–H and O–H groups in total. The first-order valence-electron chi connectivity index (χ1n) is 9.23. The summed E-state index contributed by atoms with van der Waals surface area (Å²) < 4.78 is 26.6. The second-order valence-corrected chi connectivity index (χ2v) is 9.61. The van der Waals surface area contributed by atoms with Crippen LogP contribution >= 0.6 is 0 Å². The Balaban J connectivity index is 1.72. The third kappa shape index (κ3) is 6.32. The number of piperidine rings is 1. The quantitative estimate of drug-likeness (QED) is 0.763. The van der Waals surface area contributed by atoms with Gasteiger partial charge in [-0.1, -0.05) is 39.0 Å². The molecule has 150 valence electrons. The summed E-state index contributed by atoms with van der Waals surface area (Å²) in [6, 6.07) is 8.08. The van der Waals surface area contributed by atoms with E-state index in [2.05, 4.69) is 10.0 Å². The largest absolute Gasteiger partial charge is 0.353 e. The Morgan fingerprint density at radius 1 is 1.11 bits per heavy atom. The summed E-state index contributed by atoms with van der Waals surface area (Å²) in [5.41, 5.74) is -0.397. The van der Waals surface area contributed by atoms with E-state index in [4.69, 9.17) is 0 Å². The molecule has 1 saturated heterocycles. The van der Waals surface area contributed by atoms with E-state index >= 15 is 0 Å². The van der Waals surface area contributed by atoms with Gasteiger partial charge in [-0.05, 0) is 25.0 Å². The van der Waals surface area contributed by atoms with Crippen molar-refractivity contribution in [2.75, 3.05) is 19.6 Å². The molecule has 1 aromatic carbocycles. The molecule has 0 aliphatic carbocycles. The molecule has 0 unspecified atom stereocenters. The summed E-state index contributed by atoms with van der Waals surface area (Å²) in [6.07, 6.45) is 1.50. The number of nitrogens with one attached hydrogen (secondary N) is 2. The van der Waals surface area contributed by atoms with Gasteiger partial charge in [0, 0.05) is 37.5 Å². The molecule has 0 spiro atoms. The monoisotopic (exact) mass is 395 g/mol. The van der Waals surface area contributed by atoms with Crippen molar-refractivity contribution in [2.45, 2.75) is 51.0 Å². The lowest BCUT2D eigenvalue weighted by molar-refractivity contribution is -0.140. The first kappa shape index (κ1) is 21.4. The van der Waals surface area contributed by atoms with Gasteiger partial charge in [0.05, 0.1) is 4.90 Å². The van der Waals surface area contributed by atoms with Gasteiger partial charge in [-0.15, -0.1) is 0 Å². The number of likely N-dealkylation sites (tertiary alicyclic amines) is 1. The first-order chi connectivity index (χ1) is 12.6. The fourth-order valence-electron chi connectivity index (χ4n) is 2.98. The van der Waals surface area contributed by atoms with Gasteiger partial charge >= 0.3 is 0 Å². The van der Waals surface area contributed by atoms with Crippen LogP contribution in [0.25, 0.3) is 0 Å². The molecule has 7 nitrogen and oxygen atoms in total. The summed E-state index contributed by atoms with van der Waals surface area (Å²) in [5, 5.41) is 2.93. The molecule has 0 saturated carbocycles. The number of sulfonamides is 1. The van der Waals surface area contributed by atoms with Gasteiger partial charge in [0.1, 0.15) is 0 Å². The van der Waals surface area contributed by atoms with Crippen LogP contribution in [0.4, 0.5) is 0 Å². The van der Waals surface area contributed by atoms with Crippen molar-refractivity contribution >= 4 is 21.8 Å².